The van der Waals surface area contributed by atoms with E-state index < -0.39 is 16.7 Å². The largest absolute Gasteiger partial charge is 0.416 e. The first-order chi connectivity index (χ1) is 15.3. The van der Waals surface area contributed by atoms with Gasteiger partial charge in [-0.15, -0.1) is 0 Å². The minimum absolute atomic E-state index is 0. The first kappa shape index (κ1) is 23.4. The van der Waals surface area contributed by atoms with Crippen molar-refractivity contribution in [3.8, 4) is 0 Å². The molecule has 0 spiro atoms. The number of hydrogen-bond acceptors (Lipinski definition) is 7. The van der Waals surface area contributed by atoms with E-state index in [1.807, 2.05) is 0 Å². The number of aromatic amines is 1. The van der Waals surface area contributed by atoms with Gasteiger partial charge in [0.2, 0.25) is 5.95 Å². The average Bonchev–Trinajstić information content (AvgIpc) is 3.25. The Balaban J connectivity index is 0.00000306. The van der Waals surface area contributed by atoms with Crippen LogP contribution >= 0.6 is 0 Å². The molecule has 0 unspecified atom stereocenters. The molecule has 2 aromatic heterocycles. The van der Waals surface area contributed by atoms with E-state index in [2.05, 4.69) is 30.6 Å². The van der Waals surface area contributed by atoms with Gasteiger partial charge in [-0.2, -0.15) is 23.1 Å². The summed E-state index contributed by atoms with van der Waals surface area (Å²) in [4.78, 5) is 26.0. The summed E-state index contributed by atoms with van der Waals surface area (Å²) in [6.07, 6.45) is -2.97. The molecule has 0 amide bonds. The van der Waals surface area contributed by atoms with E-state index in [4.69, 9.17) is 0 Å². The zero-order valence-corrected chi connectivity index (χ0v) is 16.3. The Bertz CT molecular complexity index is 1260. The standard InChI is InChI=1S/C20H16F3N7O2.CH4/c21-20(22,23)14-3-1-2-13(8-14)10-25-19-28-17(16-18(29-19)27-11-26-16)24-9-12-4-6-15(7-5-12)30(31)32;/h1-8,11H,9-10H2,(H3,24,25,26,27,28,29);1H4. The Morgan fingerprint density at radius 1 is 1.00 bits per heavy atom. The van der Waals surface area contributed by atoms with Crippen LogP contribution in [0, 0.1) is 10.1 Å². The molecule has 2 heterocycles. The smallest absolute Gasteiger partial charge is 0.364 e. The monoisotopic (exact) mass is 459 g/mol. The Hall–Kier alpha value is -4.22. The predicted molar refractivity (Wildman–Crippen MR) is 118 cm³/mol. The molecular weight excluding hydrogens is 439 g/mol. The summed E-state index contributed by atoms with van der Waals surface area (Å²) in [6, 6.07) is 11.1. The first-order valence-corrected chi connectivity index (χ1v) is 9.38. The van der Waals surface area contributed by atoms with Crippen molar-refractivity contribution in [3.63, 3.8) is 0 Å². The van der Waals surface area contributed by atoms with E-state index in [1.165, 1.54) is 24.5 Å². The molecule has 4 rings (SSSR count). The summed E-state index contributed by atoms with van der Waals surface area (Å²) in [5.74, 6) is 0.616. The van der Waals surface area contributed by atoms with Crippen LogP contribution in [-0.4, -0.2) is 24.9 Å². The lowest BCUT2D eigenvalue weighted by Crippen LogP contribution is -2.09. The second-order valence-electron chi connectivity index (χ2n) is 6.83. The third-order valence-electron chi connectivity index (χ3n) is 4.60. The van der Waals surface area contributed by atoms with Crippen LogP contribution in [0.3, 0.4) is 0 Å². The lowest BCUT2D eigenvalue weighted by atomic mass is 10.1. The molecule has 9 nitrogen and oxygen atoms in total. The van der Waals surface area contributed by atoms with E-state index in [0.29, 0.717) is 29.1 Å². The number of nitrogens with one attached hydrogen (secondary N) is 3. The first-order valence-electron chi connectivity index (χ1n) is 9.38. The number of H-pyrrole nitrogens is 1. The second-order valence-corrected chi connectivity index (χ2v) is 6.83. The van der Waals surface area contributed by atoms with Crippen LogP contribution < -0.4 is 10.6 Å². The third-order valence-corrected chi connectivity index (χ3v) is 4.60. The molecule has 0 fully saturated rings. The van der Waals surface area contributed by atoms with E-state index in [0.717, 1.165) is 17.7 Å². The van der Waals surface area contributed by atoms with Crippen LogP contribution in [0.5, 0.6) is 0 Å². The molecule has 12 heteroatoms. The molecule has 0 saturated heterocycles. The summed E-state index contributed by atoms with van der Waals surface area (Å²) in [7, 11) is 0. The summed E-state index contributed by atoms with van der Waals surface area (Å²) in [6.45, 7) is 0.415. The maximum absolute atomic E-state index is 12.9. The number of halogens is 3. The Kier molecular flexibility index (Phi) is 6.75. The lowest BCUT2D eigenvalue weighted by molar-refractivity contribution is -0.384. The quantitative estimate of drug-likeness (QED) is 0.258. The van der Waals surface area contributed by atoms with Crippen LogP contribution in [0.25, 0.3) is 11.2 Å². The van der Waals surface area contributed by atoms with Crippen LogP contribution in [-0.2, 0) is 19.3 Å². The average molecular weight is 459 g/mol. The number of benzene rings is 2. The molecule has 0 bridgehead atoms. The van der Waals surface area contributed by atoms with Crippen LogP contribution in [0.15, 0.2) is 54.9 Å². The summed E-state index contributed by atoms with van der Waals surface area (Å²) in [5, 5.41) is 16.8. The third kappa shape index (κ3) is 5.53. The predicted octanol–water partition coefficient (Wildman–Crippen LogP) is 5.14. The van der Waals surface area contributed by atoms with Crippen LogP contribution in [0.2, 0.25) is 0 Å². The summed E-state index contributed by atoms with van der Waals surface area (Å²) < 4.78 is 38.7. The summed E-state index contributed by atoms with van der Waals surface area (Å²) in [5.41, 5.74) is 1.40. The van der Waals surface area contributed by atoms with Crippen LogP contribution in [0.4, 0.5) is 30.6 Å². The molecule has 3 N–H and O–H groups in total. The van der Waals surface area contributed by atoms with Crippen molar-refractivity contribution in [3.05, 3.63) is 81.7 Å². The van der Waals surface area contributed by atoms with Gasteiger partial charge in [0.1, 0.15) is 5.52 Å². The molecule has 0 aliphatic carbocycles. The highest BCUT2D eigenvalue weighted by atomic mass is 19.4. The van der Waals surface area contributed by atoms with Gasteiger partial charge in [0.25, 0.3) is 5.69 Å². The minimum Gasteiger partial charge on any atom is -0.364 e. The highest BCUT2D eigenvalue weighted by Gasteiger charge is 2.30. The number of imidazole rings is 1. The molecule has 0 radical (unpaired) electrons. The molecule has 0 saturated carbocycles. The lowest BCUT2D eigenvalue weighted by Gasteiger charge is -2.11. The summed E-state index contributed by atoms with van der Waals surface area (Å²) >= 11 is 0. The zero-order chi connectivity index (χ0) is 22.7. The van der Waals surface area contributed by atoms with Crippen molar-refractivity contribution in [2.75, 3.05) is 10.6 Å². The molecule has 4 aromatic rings. The van der Waals surface area contributed by atoms with Crippen molar-refractivity contribution in [1.29, 1.82) is 0 Å². The van der Waals surface area contributed by atoms with Crippen molar-refractivity contribution < 1.29 is 18.1 Å². The molecule has 172 valence electrons. The maximum atomic E-state index is 12.9. The number of nitro groups is 1. The SMILES string of the molecule is C.O=[N+]([O-])c1ccc(CNc2nc(NCc3cccc(C(F)(F)F)c3)nc3nc[nH]c23)cc1. The van der Waals surface area contributed by atoms with Gasteiger partial charge in [-0.25, -0.2) is 4.98 Å². The molecular formula is C21H20F3N7O2. The molecule has 0 aliphatic heterocycles. The molecule has 0 atom stereocenters. The number of nitrogens with zero attached hydrogens (tertiary/aromatic N) is 4. The van der Waals surface area contributed by atoms with E-state index in [-0.39, 0.29) is 25.6 Å². The van der Waals surface area contributed by atoms with Crippen molar-refractivity contribution in [2.45, 2.75) is 26.7 Å². The number of rotatable bonds is 7. The second kappa shape index (κ2) is 9.51. The van der Waals surface area contributed by atoms with Gasteiger partial charge in [-0.1, -0.05) is 31.7 Å². The Morgan fingerprint density at radius 2 is 1.73 bits per heavy atom. The van der Waals surface area contributed by atoms with Gasteiger partial charge >= 0.3 is 6.18 Å². The Labute approximate surface area is 186 Å². The van der Waals surface area contributed by atoms with Gasteiger partial charge < -0.3 is 15.6 Å². The number of hydrogen-bond donors (Lipinski definition) is 3. The number of aromatic nitrogens is 4. The van der Waals surface area contributed by atoms with Crippen LogP contribution in [0.1, 0.15) is 24.1 Å². The minimum atomic E-state index is -4.42. The van der Waals surface area contributed by atoms with E-state index in [9.17, 15) is 23.3 Å². The van der Waals surface area contributed by atoms with E-state index in [1.54, 1.807) is 18.2 Å². The van der Waals surface area contributed by atoms with E-state index >= 15 is 0 Å². The van der Waals surface area contributed by atoms with Gasteiger partial charge in [0, 0.05) is 25.2 Å². The van der Waals surface area contributed by atoms with Crippen molar-refractivity contribution in [1.82, 2.24) is 19.9 Å². The number of anilines is 2. The zero-order valence-electron chi connectivity index (χ0n) is 16.3. The fourth-order valence-electron chi connectivity index (χ4n) is 3.00. The maximum Gasteiger partial charge on any atom is 0.416 e. The number of nitro benzene ring substituents is 1. The van der Waals surface area contributed by atoms with Crippen molar-refractivity contribution in [2.24, 2.45) is 0 Å². The fourth-order valence-corrected chi connectivity index (χ4v) is 3.00. The molecule has 33 heavy (non-hydrogen) atoms. The normalized spacial score (nSPS) is 11.1. The van der Waals surface area contributed by atoms with Gasteiger partial charge in [0.05, 0.1) is 16.8 Å². The number of fused-ring (bicyclic) bond motifs is 1. The van der Waals surface area contributed by atoms with Gasteiger partial charge in [0.15, 0.2) is 11.5 Å². The topological polar surface area (TPSA) is 122 Å². The number of alkyl halides is 3. The van der Waals surface area contributed by atoms with Gasteiger partial charge in [-0.05, 0) is 23.3 Å². The van der Waals surface area contributed by atoms with Gasteiger partial charge in [-0.3, -0.25) is 10.1 Å². The highest BCUT2D eigenvalue weighted by molar-refractivity contribution is 5.83. The fraction of sp³-hybridized carbons (Fsp3) is 0.190. The number of non-ortho nitro benzene ring substituents is 1. The molecule has 2 aromatic carbocycles. The Morgan fingerprint density at radius 3 is 2.42 bits per heavy atom. The van der Waals surface area contributed by atoms with Crippen molar-refractivity contribution >= 4 is 28.6 Å². The molecule has 0 aliphatic rings. The highest BCUT2D eigenvalue weighted by Crippen LogP contribution is 2.29.